The van der Waals surface area contributed by atoms with Crippen molar-refractivity contribution in [2.75, 3.05) is 10.6 Å². The van der Waals surface area contributed by atoms with Gasteiger partial charge in [0.25, 0.3) is 0 Å². The van der Waals surface area contributed by atoms with E-state index >= 15 is 0 Å². The summed E-state index contributed by atoms with van der Waals surface area (Å²) in [7, 11) is 0. The average Bonchev–Trinajstić information content (AvgIpc) is 3.26. The van der Waals surface area contributed by atoms with Gasteiger partial charge >= 0.3 is 0 Å². The lowest BCUT2D eigenvalue weighted by atomic mass is 9.96. The normalized spacial score (nSPS) is 13.9. The van der Waals surface area contributed by atoms with E-state index in [0.717, 1.165) is 28.0 Å². The zero-order valence-corrected chi connectivity index (χ0v) is 19.8. The first-order valence-corrected chi connectivity index (χ1v) is 12.0. The fourth-order valence-corrected chi connectivity index (χ4v) is 4.10. The number of nitrogens with zero attached hydrogens (tertiary/aromatic N) is 5. The fraction of sp³-hybridized carbons (Fsp3) is 0.385. The summed E-state index contributed by atoms with van der Waals surface area (Å²) in [6.07, 6.45) is 9.87. The van der Waals surface area contributed by atoms with Crippen molar-refractivity contribution < 1.29 is 0 Å². The number of nitrogens with one attached hydrogen (secondary N) is 2. The Balaban J connectivity index is 0.00000126. The van der Waals surface area contributed by atoms with Crippen molar-refractivity contribution in [1.82, 2.24) is 24.6 Å². The Kier molecular flexibility index (Phi) is 7.50. The van der Waals surface area contributed by atoms with Crippen LogP contribution in [0.5, 0.6) is 0 Å². The van der Waals surface area contributed by atoms with E-state index in [-0.39, 0.29) is 0 Å². The molecule has 172 valence electrons. The fourth-order valence-electron chi connectivity index (χ4n) is 4.10. The van der Waals surface area contributed by atoms with Crippen molar-refractivity contribution in [3.8, 4) is 11.3 Å². The van der Waals surface area contributed by atoms with Gasteiger partial charge in [0.1, 0.15) is 0 Å². The maximum Gasteiger partial charge on any atom is 0.229 e. The lowest BCUT2D eigenvalue weighted by Gasteiger charge is -2.23. The lowest BCUT2D eigenvalue weighted by molar-refractivity contribution is 0.461. The van der Waals surface area contributed by atoms with Crippen molar-refractivity contribution in [2.45, 2.75) is 65.5 Å². The van der Waals surface area contributed by atoms with Crippen LogP contribution < -0.4 is 10.6 Å². The standard InChI is InChI=1S/C24H27N7.C2H6/c1-17-15-27-31-22(17)29-23(28-20-7-3-2-4-8-20)30-24(31)26-16-18-10-12-19(13-11-18)21-9-5-6-14-25-21;1-2/h5-6,9-15,20H,2-4,7-8,16H2,1H3,(H2,26,28,29,30);1-2H3. The molecule has 1 aliphatic rings. The second kappa shape index (κ2) is 10.9. The molecule has 2 N–H and O–H groups in total. The second-order valence-corrected chi connectivity index (χ2v) is 8.18. The van der Waals surface area contributed by atoms with Gasteiger partial charge in [0, 0.05) is 29.9 Å². The molecule has 1 aromatic carbocycles. The van der Waals surface area contributed by atoms with Crippen LogP contribution in [-0.2, 0) is 6.54 Å². The number of rotatable bonds is 6. The van der Waals surface area contributed by atoms with E-state index in [1.165, 1.54) is 32.1 Å². The molecule has 1 fully saturated rings. The Morgan fingerprint density at radius 1 is 0.970 bits per heavy atom. The first-order chi connectivity index (χ1) is 16.3. The molecule has 0 amide bonds. The number of hydrogen-bond donors (Lipinski definition) is 2. The first kappa shape index (κ1) is 22.7. The van der Waals surface area contributed by atoms with Crippen LogP contribution in [0.1, 0.15) is 57.1 Å². The molecule has 4 aromatic rings. The summed E-state index contributed by atoms with van der Waals surface area (Å²) in [4.78, 5) is 13.9. The highest BCUT2D eigenvalue weighted by atomic mass is 15.4. The molecule has 0 unspecified atom stereocenters. The summed E-state index contributed by atoms with van der Waals surface area (Å²) in [5, 5.41) is 11.5. The molecule has 5 rings (SSSR count). The van der Waals surface area contributed by atoms with Crippen molar-refractivity contribution in [1.29, 1.82) is 0 Å². The maximum absolute atomic E-state index is 4.75. The van der Waals surface area contributed by atoms with E-state index in [9.17, 15) is 0 Å². The number of fused-ring (bicyclic) bond motifs is 1. The molecule has 1 saturated carbocycles. The molecular weight excluding hydrogens is 410 g/mol. The largest absolute Gasteiger partial charge is 0.351 e. The highest BCUT2D eigenvalue weighted by Gasteiger charge is 2.17. The van der Waals surface area contributed by atoms with E-state index in [2.05, 4.69) is 45.0 Å². The lowest BCUT2D eigenvalue weighted by Crippen LogP contribution is -2.24. The molecule has 0 spiro atoms. The topological polar surface area (TPSA) is 80.0 Å². The van der Waals surface area contributed by atoms with Crippen LogP contribution in [0.4, 0.5) is 11.9 Å². The highest BCUT2D eigenvalue weighted by molar-refractivity contribution is 5.59. The smallest absolute Gasteiger partial charge is 0.229 e. The number of pyridine rings is 1. The van der Waals surface area contributed by atoms with Gasteiger partial charge in [-0.2, -0.15) is 19.6 Å². The number of hydrogen-bond acceptors (Lipinski definition) is 6. The maximum atomic E-state index is 4.75. The van der Waals surface area contributed by atoms with Gasteiger partial charge < -0.3 is 10.6 Å². The van der Waals surface area contributed by atoms with Crippen LogP contribution in [0.3, 0.4) is 0 Å². The van der Waals surface area contributed by atoms with E-state index in [0.29, 0.717) is 24.5 Å². The second-order valence-electron chi connectivity index (χ2n) is 8.18. The van der Waals surface area contributed by atoms with Crippen molar-refractivity contribution in [2.24, 2.45) is 0 Å². The van der Waals surface area contributed by atoms with E-state index in [1.807, 2.05) is 51.4 Å². The molecule has 3 aromatic heterocycles. The van der Waals surface area contributed by atoms with Gasteiger partial charge in [0.2, 0.25) is 11.9 Å². The molecule has 7 nitrogen and oxygen atoms in total. The van der Waals surface area contributed by atoms with Gasteiger partial charge in [-0.15, -0.1) is 0 Å². The zero-order chi connectivity index (χ0) is 23.0. The van der Waals surface area contributed by atoms with E-state index < -0.39 is 0 Å². The summed E-state index contributed by atoms with van der Waals surface area (Å²) < 4.78 is 1.78. The van der Waals surface area contributed by atoms with Crippen molar-refractivity contribution in [3.05, 3.63) is 66.0 Å². The number of benzene rings is 1. The Morgan fingerprint density at radius 3 is 2.48 bits per heavy atom. The van der Waals surface area contributed by atoms with Crippen LogP contribution >= 0.6 is 0 Å². The third-order valence-corrected chi connectivity index (χ3v) is 5.85. The molecule has 0 atom stereocenters. The summed E-state index contributed by atoms with van der Waals surface area (Å²) in [6, 6.07) is 14.8. The van der Waals surface area contributed by atoms with Gasteiger partial charge in [0.15, 0.2) is 5.65 Å². The van der Waals surface area contributed by atoms with Crippen LogP contribution in [0.2, 0.25) is 0 Å². The molecule has 1 aliphatic carbocycles. The van der Waals surface area contributed by atoms with Crippen LogP contribution in [0.25, 0.3) is 16.9 Å². The third kappa shape index (κ3) is 5.48. The first-order valence-electron chi connectivity index (χ1n) is 12.0. The Hall–Kier alpha value is -3.48. The predicted octanol–water partition coefficient (Wildman–Crippen LogP) is 5.88. The molecular formula is C26H33N7. The average molecular weight is 444 g/mol. The highest BCUT2D eigenvalue weighted by Crippen LogP contribution is 2.22. The molecule has 0 aliphatic heterocycles. The van der Waals surface area contributed by atoms with Crippen LogP contribution in [-0.4, -0.2) is 30.6 Å². The summed E-state index contributed by atoms with van der Waals surface area (Å²) in [6.45, 7) is 6.68. The van der Waals surface area contributed by atoms with Gasteiger partial charge in [-0.25, -0.2) is 0 Å². The van der Waals surface area contributed by atoms with Crippen LogP contribution in [0, 0.1) is 6.92 Å². The Bertz CT molecular complexity index is 1150. The van der Waals surface area contributed by atoms with E-state index in [1.54, 1.807) is 4.52 Å². The number of aryl methyl sites for hydroxylation is 1. The number of aromatic nitrogens is 5. The Morgan fingerprint density at radius 2 is 1.76 bits per heavy atom. The third-order valence-electron chi connectivity index (χ3n) is 5.85. The monoisotopic (exact) mass is 443 g/mol. The quantitative estimate of drug-likeness (QED) is 0.387. The van der Waals surface area contributed by atoms with Crippen LogP contribution in [0.15, 0.2) is 54.9 Å². The molecule has 3 heterocycles. The molecule has 0 saturated heterocycles. The summed E-state index contributed by atoms with van der Waals surface area (Å²) >= 11 is 0. The zero-order valence-electron chi connectivity index (χ0n) is 19.8. The predicted molar refractivity (Wildman–Crippen MR) is 134 cm³/mol. The van der Waals surface area contributed by atoms with Gasteiger partial charge in [0.05, 0.1) is 11.9 Å². The van der Waals surface area contributed by atoms with Gasteiger partial charge in [-0.3, -0.25) is 4.98 Å². The van der Waals surface area contributed by atoms with Gasteiger partial charge in [-0.1, -0.05) is 63.4 Å². The summed E-state index contributed by atoms with van der Waals surface area (Å²) in [5.41, 5.74) is 5.12. The molecule has 7 heteroatoms. The van der Waals surface area contributed by atoms with E-state index in [4.69, 9.17) is 9.97 Å². The molecule has 33 heavy (non-hydrogen) atoms. The molecule has 0 bridgehead atoms. The van der Waals surface area contributed by atoms with Gasteiger partial charge in [-0.05, 0) is 37.5 Å². The molecule has 0 radical (unpaired) electrons. The Labute approximate surface area is 195 Å². The summed E-state index contributed by atoms with van der Waals surface area (Å²) in [5.74, 6) is 1.38. The number of anilines is 2. The van der Waals surface area contributed by atoms with Crippen molar-refractivity contribution in [3.63, 3.8) is 0 Å². The minimum atomic E-state index is 0.450. The minimum absolute atomic E-state index is 0.450. The SMILES string of the molecule is CC.Cc1cnn2c(NCc3ccc(-c4ccccn4)cc3)nc(NC3CCCCC3)nc12. The minimum Gasteiger partial charge on any atom is -0.351 e. The van der Waals surface area contributed by atoms with Crippen molar-refractivity contribution >= 4 is 17.5 Å².